The highest BCUT2D eigenvalue weighted by molar-refractivity contribution is 7.90. The summed E-state index contributed by atoms with van der Waals surface area (Å²) in [4.78, 5) is 12.8. The molecule has 0 N–H and O–H groups in total. The van der Waals surface area contributed by atoms with Gasteiger partial charge in [-0.05, 0) is 42.0 Å². The molecule has 0 saturated carbocycles. The van der Waals surface area contributed by atoms with Gasteiger partial charge >= 0.3 is 0 Å². The summed E-state index contributed by atoms with van der Waals surface area (Å²) >= 11 is 5.96. The average molecular weight is 391 g/mol. The van der Waals surface area contributed by atoms with Crippen LogP contribution in [0.3, 0.4) is 0 Å². The summed E-state index contributed by atoms with van der Waals surface area (Å²) in [5, 5.41) is -0.0349. The topological polar surface area (TPSA) is 73.6 Å². The fraction of sp³-hybridized carbons (Fsp3) is 0.105. The second kappa shape index (κ2) is 6.97. The van der Waals surface area contributed by atoms with E-state index in [1.165, 1.54) is 18.4 Å². The third kappa shape index (κ3) is 3.52. The molecule has 0 unspecified atom stereocenters. The third-order valence-corrected chi connectivity index (χ3v) is 5.26. The Morgan fingerprint density at radius 3 is 2.08 bits per heavy atom. The van der Waals surface area contributed by atoms with Crippen LogP contribution in [0.15, 0.2) is 68.9 Å². The Hall–Kier alpha value is -2.57. The van der Waals surface area contributed by atoms with E-state index in [1.54, 1.807) is 43.5 Å². The van der Waals surface area contributed by atoms with Gasteiger partial charge in [0.1, 0.15) is 22.8 Å². The Bertz CT molecular complexity index is 1100. The van der Waals surface area contributed by atoms with Gasteiger partial charge in [-0.3, -0.25) is 4.79 Å². The third-order valence-electron chi connectivity index (χ3n) is 3.87. The van der Waals surface area contributed by atoms with Crippen molar-refractivity contribution in [1.29, 1.82) is 0 Å². The molecular formula is C19H15ClO5S. The summed E-state index contributed by atoms with van der Waals surface area (Å²) in [6, 6.07) is 13.0. The maximum absolute atomic E-state index is 12.6. The van der Waals surface area contributed by atoms with Gasteiger partial charge in [0.25, 0.3) is 0 Å². The van der Waals surface area contributed by atoms with Crippen LogP contribution in [0, 0.1) is 0 Å². The average Bonchev–Trinajstić information content (AvgIpc) is 2.63. The maximum Gasteiger partial charge on any atom is 0.211 e. The molecule has 0 aliphatic rings. The van der Waals surface area contributed by atoms with Gasteiger partial charge in [-0.1, -0.05) is 23.7 Å². The second-order valence-corrected chi connectivity index (χ2v) is 8.06. The molecule has 0 amide bonds. The highest BCUT2D eigenvalue weighted by Crippen LogP contribution is 2.32. The molecule has 1 heterocycles. The zero-order valence-corrected chi connectivity index (χ0v) is 15.6. The number of methoxy groups -OCH3 is 1. The molecule has 3 aromatic rings. The monoisotopic (exact) mass is 390 g/mol. The Balaban J connectivity index is 2.19. The second-order valence-electron chi connectivity index (χ2n) is 5.64. The highest BCUT2D eigenvalue weighted by atomic mass is 35.5. The number of sulfone groups is 1. The lowest BCUT2D eigenvalue weighted by molar-refractivity contribution is 0.415. The molecule has 0 atom stereocenters. The van der Waals surface area contributed by atoms with E-state index in [0.717, 1.165) is 6.26 Å². The van der Waals surface area contributed by atoms with Gasteiger partial charge in [-0.25, -0.2) is 8.42 Å². The zero-order chi connectivity index (χ0) is 18.9. The number of ether oxygens (including phenoxy) is 1. The fourth-order valence-corrected chi connectivity index (χ4v) is 3.30. The Morgan fingerprint density at radius 1 is 0.962 bits per heavy atom. The van der Waals surface area contributed by atoms with Crippen molar-refractivity contribution in [3.05, 3.63) is 70.0 Å². The van der Waals surface area contributed by atoms with Gasteiger partial charge < -0.3 is 9.15 Å². The van der Waals surface area contributed by atoms with Crippen molar-refractivity contribution in [2.75, 3.05) is 13.4 Å². The highest BCUT2D eigenvalue weighted by Gasteiger charge is 2.17. The van der Waals surface area contributed by atoms with Crippen LogP contribution in [0.1, 0.15) is 0 Å². The SMILES string of the molecule is COc1ccc(-c2c(-c3ccc(S(C)(=O)=O)cc3)occ(Cl)c2=O)cc1. The summed E-state index contributed by atoms with van der Waals surface area (Å²) in [5.41, 5.74) is 1.11. The number of hydrogen-bond acceptors (Lipinski definition) is 5. The predicted octanol–water partition coefficient (Wildman–Crippen LogP) is 4.04. The van der Waals surface area contributed by atoms with Crippen LogP contribution >= 0.6 is 11.6 Å². The van der Waals surface area contributed by atoms with E-state index in [1.807, 2.05) is 0 Å². The van der Waals surface area contributed by atoms with Gasteiger partial charge in [-0.15, -0.1) is 0 Å². The van der Waals surface area contributed by atoms with E-state index in [4.69, 9.17) is 20.8 Å². The summed E-state index contributed by atoms with van der Waals surface area (Å²) < 4.78 is 34.0. The number of benzene rings is 2. The first kappa shape index (κ1) is 18.2. The van der Waals surface area contributed by atoms with Crippen LogP contribution in [0.5, 0.6) is 5.75 Å². The quantitative estimate of drug-likeness (QED) is 0.672. The van der Waals surface area contributed by atoms with Gasteiger partial charge in [0.15, 0.2) is 9.84 Å². The molecule has 0 saturated heterocycles. The van der Waals surface area contributed by atoms with Crippen LogP contribution in [-0.4, -0.2) is 21.8 Å². The van der Waals surface area contributed by atoms with E-state index in [0.29, 0.717) is 28.2 Å². The minimum Gasteiger partial charge on any atom is -0.497 e. The lowest BCUT2D eigenvalue weighted by Gasteiger charge is -2.10. The summed E-state index contributed by atoms with van der Waals surface area (Å²) in [6.07, 6.45) is 2.31. The molecule has 1 aromatic heterocycles. The van der Waals surface area contributed by atoms with Crippen LogP contribution in [0.25, 0.3) is 22.5 Å². The molecule has 26 heavy (non-hydrogen) atoms. The molecule has 3 rings (SSSR count). The molecule has 5 nitrogen and oxygen atoms in total. The van der Waals surface area contributed by atoms with Crippen molar-refractivity contribution in [2.45, 2.75) is 4.90 Å². The molecule has 2 aromatic carbocycles. The molecule has 7 heteroatoms. The number of rotatable bonds is 4. The van der Waals surface area contributed by atoms with Gasteiger partial charge in [-0.2, -0.15) is 0 Å². The minimum absolute atomic E-state index is 0.0349. The fourth-order valence-electron chi connectivity index (χ4n) is 2.53. The number of halogens is 1. The Labute approximate surface area is 155 Å². The summed E-state index contributed by atoms with van der Waals surface area (Å²) in [6.45, 7) is 0. The molecule has 0 fully saturated rings. The predicted molar refractivity (Wildman–Crippen MR) is 101 cm³/mol. The van der Waals surface area contributed by atoms with Crippen molar-refractivity contribution in [3.8, 4) is 28.2 Å². The van der Waals surface area contributed by atoms with E-state index in [-0.39, 0.29) is 15.3 Å². The van der Waals surface area contributed by atoms with Gasteiger partial charge in [0.05, 0.1) is 17.6 Å². The van der Waals surface area contributed by atoms with Crippen molar-refractivity contribution in [2.24, 2.45) is 0 Å². The van der Waals surface area contributed by atoms with Crippen LogP contribution < -0.4 is 10.2 Å². The molecule has 0 aliphatic heterocycles. The molecule has 0 aliphatic carbocycles. The van der Waals surface area contributed by atoms with Crippen molar-refractivity contribution in [1.82, 2.24) is 0 Å². The largest absolute Gasteiger partial charge is 0.497 e. The first-order valence-corrected chi connectivity index (χ1v) is 9.84. The van der Waals surface area contributed by atoms with Crippen LogP contribution in [0.2, 0.25) is 5.02 Å². The van der Waals surface area contributed by atoms with Crippen molar-refractivity contribution < 1.29 is 17.6 Å². The first-order chi connectivity index (χ1) is 12.3. The van der Waals surface area contributed by atoms with E-state index in [2.05, 4.69) is 0 Å². The van der Waals surface area contributed by atoms with E-state index < -0.39 is 9.84 Å². The minimum atomic E-state index is -3.31. The normalized spacial score (nSPS) is 11.3. The molecule has 0 bridgehead atoms. The van der Waals surface area contributed by atoms with Crippen molar-refractivity contribution >= 4 is 21.4 Å². The smallest absolute Gasteiger partial charge is 0.211 e. The summed E-state index contributed by atoms with van der Waals surface area (Å²) in [7, 11) is -1.76. The van der Waals surface area contributed by atoms with Crippen LogP contribution in [0.4, 0.5) is 0 Å². The lowest BCUT2D eigenvalue weighted by Crippen LogP contribution is -2.07. The summed E-state index contributed by atoms with van der Waals surface area (Å²) in [5.74, 6) is 0.962. The maximum atomic E-state index is 12.6. The zero-order valence-electron chi connectivity index (χ0n) is 14.0. The Kier molecular flexibility index (Phi) is 4.89. The molecular weight excluding hydrogens is 376 g/mol. The van der Waals surface area contributed by atoms with Gasteiger partial charge in [0.2, 0.25) is 5.43 Å². The van der Waals surface area contributed by atoms with Gasteiger partial charge in [0, 0.05) is 11.8 Å². The number of hydrogen-bond donors (Lipinski definition) is 0. The Morgan fingerprint density at radius 2 is 1.54 bits per heavy atom. The molecule has 0 radical (unpaired) electrons. The lowest BCUT2D eigenvalue weighted by atomic mass is 10.00. The standard InChI is InChI=1S/C19H15ClO5S/c1-24-14-7-3-12(4-8-14)17-18(21)16(20)11-25-19(17)13-5-9-15(10-6-13)26(2,22)23/h3-11H,1-2H3. The molecule has 134 valence electrons. The molecule has 0 spiro atoms. The van der Waals surface area contributed by atoms with Crippen LogP contribution in [-0.2, 0) is 9.84 Å². The van der Waals surface area contributed by atoms with E-state index in [9.17, 15) is 13.2 Å². The van der Waals surface area contributed by atoms with Crippen molar-refractivity contribution in [3.63, 3.8) is 0 Å². The van der Waals surface area contributed by atoms with E-state index >= 15 is 0 Å². The first-order valence-electron chi connectivity index (χ1n) is 7.57.